The van der Waals surface area contributed by atoms with Crippen LogP contribution in [0.4, 0.5) is 0 Å². The summed E-state index contributed by atoms with van der Waals surface area (Å²) in [5.74, 6) is 0.520. The van der Waals surface area contributed by atoms with E-state index in [4.69, 9.17) is 0 Å². The fourth-order valence-corrected chi connectivity index (χ4v) is 1.72. The number of rotatable bonds is 6. The molecule has 100 valence electrons. The molecular formula is C15H24N2O. The molecule has 0 bridgehead atoms. The molecule has 0 aliphatic rings. The molecule has 3 nitrogen and oxygen atoms in total. The smallest absolute Gasteiger partial charge is 0.251 e. The van der Waals surface area contributed by atoms with Crippen molar-refractivity contribution in [1.82, 2.24) is 10.2 Å². The Balaban J connectivity index is 2.42. The standard InChI is InChI=1S/C15H24N2O/c1-12(2)13-6-8-14(9-7-13)15(18)16-10-5-11-17(3)4/h6-9,12H,5,10-11H2,1-4H3,(H,16,18). The molecule has 1 rings (SSSR count). The van der Waals surface area contributed by atoms with Crippen molar-refractivity contribution in [3.05, 3.63) is 35.4 Å². The summed E-state index contributed by atoms with van der Waals surface area (Å²) in [6.45, 7) is 6.02. The van der Waals surface area contributed by atoms with E-state index in [1.165, 1.54) is 5.56 Å². The molecule has 0 atom stereocenters. The van der Waals surface area contributed by atoms with Crippen LogP contribution in [-0.2, 0) is 0 Å². The molecule has 0 radical (unpaired) electrons. The van der Waals surface area contributed by atoms with Crippen LogP contribution >= 0.6 is 0 Å². The number of benzene rings is 1. The third kappa shape index (κ3) is 4.88. The van der Waals surface area contributed by atoms with E-state index in [-0.39, 0.29) is 5.91 Å². The van der Waals surface area contributed by atoms with Crippen molar-refractivity contribution in [2.45, 2.75) is 26.2 Å². The van der Waals surface area contributed by atoms with Gasteiger partial charge in [-0.25, -0.2) is 0 Å². The Morgan fingerprint density at radius 2 is 1.83 bits per heavy atom. The Kier molecular flexibility index (Phi) is 5.86. The zero-order valence-electron chi connectivity index (χ0n) is 11.9. The molecule has 1 N–H and O–H groups in total. The second-order valence-electron chi connectivity index (χ2n) is 5.19. The number of amides is 1. The van der Waals surface area contributed by atoms with E-state index < -0.39 is 0 Å². The van der Waals surface area contributed by atoms with E-state index in [1.54, 1.807) is 0 Å². The summed E-state index contributed by atoms with van der Waals surface area (Å²) in [6, 6.07) is 7.85. The van der Waals surface area contributed by atoms with Crippen molar-refractivity contribution in [3.8, 4) is 0 Å². The fraction of sp³-hybridized carbons (Fsp3) is 0.533. The Morgan fingerprint density at radius 1 is 1.22 bits per heavy atom. The van der Waals surface area contributed by atoms with E-state index in [0.29, 0.717) is 5.92 Å². The van der Waals surface area contributed by atoms with Gasteiger partial charge in [0.05, 0.1) is 0 Å². The van der Waals surface area contributed by atoms with Gasteiger partial charge in [-0.3, -0.25) is 4.79 Å². The van der Waals surface area contributed by atoms with Crippen LogP contribution in [0.2, 0.25) is 0 Å². The molecule has 0 saturated carbocycles. The fourth-order valence-electron chi connectivity index (χ4n) is 1.72. The first-order chi connectivity index (χ1) is 8.50. The molecule has 0 fully saturated rings. The second kappa shape index (κ2) is 7.17. The molecule has 1 aromatic carbocycles. The average Bonchev–Trinajstić information content (AvgIpc) is 2.34. The van der Waals surface area contributed by atoms with Gasteiger partial charge in [0.2, 0.25) is 0 Å². The van der Waals surface area contributed by atoms with Gasteiger partial charge >= 0.3 is 0 Å². The highest BCUT2D eigenvalue weighted by Gasteiger charge is 2.05. The Morgan fingerprint density at radius 3 is 2.33 bits per heavy atom. The molecule has 0 heterocycles. The normalized spacial score (nSPS) is 11.0. The lowest BCUT2D eigenvalue weighted by atomic mass is 10.0. The minimum atomic E-state index is 0.0177. The highest BCUT2D eigenvalue weighted by atomic mass is 16.1. The van der Waals surface area contributed by atoms with Crippen LogP contribution < -0.4 is 5.32 Å². The van der Waals surface area contributed by atoms with Crippen molar-refractivity contribution in [2.24, 2.45) is 0 Å². The van der Waals surface area contributed by atoms with Crippen LogP contribution in [-0.4, -0.2) is 38.0 Å². The van der Waals surface area contributed by atoms with Crippen LogP contribution in [0.5, 0.6) is 0 Å². The molecule has 3 heteroatoms. The number of hydrogen-bond acceptors (Lipinski definition) is 2. The number of carbonyl (C=O) groups excluding carboxylic acids is 1. The Bertz CT molecular complexity index is 369. The van der Waals surface area contributed by atoms with Crippen LogP contribution in [0.25, 0.3) is 0 Å². The van der Waals surface area contributed by atoms with Gasteiger partial charge in [0.25, 0.3) is 5.91 Å². The molecule has 0 spiro atoms. The topological polar surface area (TPSA) is 32.3 Å². The molecule has 0 aromatic heterocycles. The molecule has 1 amide bonds. The summed E-state index contributed by atoms with van der Waals surface area (Å²) >= 11 is 0. The van der Waals surface area contributed by atoms with Crippen molar-refractivity contribution >= 4 is 5.91 Å². The summed E-state index contributed by atoms with van der Waals surface area (Å²) in [6.07, 6.45) is 0.975. The van der Waals surface area contributed by atoms with Crippen LogP contribution in [0.3, 0.4) is 0 Å². The van der Waals surface area contributed by atoms with Gasteiger partial charge in [-0.2, -0.15) is 0 Å². The molecule has 1 aromatic rings. The summed E-state index contributed by atoms with van der Waals surface area (Å²) in [4.78, 5) is 14.0. The maximum Gasteiger partial charge on any atom is 0.251 e. The van der Waals surface area contributed by atoms with E-state index in [2.05, 4.69) is 24.1 Å². The van der Waals surface area contributed by atoms with E-state index in [9.17, 15) is 4.79 Å². The molecule has 0 unspecified atom stereocenters. The first-order valence-electron chi connectivity index (χ1n) is 6.53. The summed E-state index contributed by atoms with van der Waals surface area (Å²) < 4.78 is 0. The predicted octanol–water partition coefficient (Wildman–Crippen LogP) is 2.49. The molecule has 0 saturated heterocycles. The lowest BCUT2D eigenvalue weighted by Gasteiger charge is -2.10. The van der Waals surface area contributed by atoms with Crippen molar-refractivity contribution < 1.29 is 4.79 Å². The summed E-state index contributed by atoms with van der Waals surface area (Å²) in [5, 5.41) is 2.94. The van der Waals surface area contributed by atoms with Gasteiger partial charge < -0.3 is 10.2 Å². The Hall–Kier alpha value is -1.35. The largest absolute Gasteiger partial charge is 0.352 e. The number of nitrogens with one attached hydrogen (secondary N) is 1. The van der Waals surface area contributed by atoms with E-state index >= 15 is 0 Å². The highest BCUT2D eigenvalue weighted by Crippen LogP contribution is 2.14. The number of hydrogen-bond donors (Lipinski definition) is 1. The van der Waals surface area contributed by atoms with Crippen molar-refractivity contribution in [2.75, 3.05) is 27.2 Å². The average molecular weight is 248 g/mol. The first-order valence-corrected chi connectivity index (χ1v) is 6.53. The quantitative estimate of drug-likeness (QED) is 0.784. The maximum atomic E-state index is 11.8. The third-order valence-corrected chi connectivity index (χ3v) is 2.91. The number of nitrogens with zero attached hydrogens (tertiary/aromatic N) is 1. The van der Waals surface area contributed by atoms with Gasteiger partial charge in [0.15, 0.2) is 0 Å². The SMILES string of the molecule is CC(C)c1ccc(C(=O)NCCCN(C)C)cc1. The minimum Gasteiger partial charge on any atom is -0.352 e. The van der Waals surface area contributed by atoms with Gasteiger partial charge in [0, 0.05) is 12.1 Å². The van der Waals surface area contributed by atoms with Gasteiger partial charge in [-0.05, 0) is 50.7 Å². The van der Waals surface area contributed by atoms with Gasteiger partial charge in [-0.15, -0.1) is 0 Å². The van der Waals surface area contributed by atoms with Crippen LogP contribution in [0.1, 0.15) is 42.1 Å². The van der Waals surface area contributed by atoms with Crippen molar-refractivity contribution in [3.63, 3.8) is 0 Å². The maximum absolute atomic E-state index is 11.8. The van der Waals surface area contributed by atoms with E-state index in [1.807, 2.05) is 38.4 Å². The predicted molar refractivity (Wildman–Crippen MR) is 76.0 cm³/mol. The lowest BCUT2D eigenvalue weighted by Crippen LogP contribution is -2.27. The second-order valence-corrected chi connectivity index (χ2v) is 5.19. The lowest BCUT2D eigenvalue weighted by molar-refractivity contribution is 0.0952. The number of carbonyl (C=O) groups is 1. The minimum absolute atomic E-state index is 0.0177. The zero-order valence-corrected chi connectivity index (χ0v) is 11.9. The van der Waals surface area contributed by atoms with Crippen LogP contribution in [0.15, 0.2) is 24.3 Å². The summed E-state index contributed by atoms with van der Waals surface area (Å²) in [5.41, 5.74) is 2.00. The third-order valence-electron chi connectivity index (χ3n) is 2.91. The molecule has 18 heavy (non-hydrogen) atoms. The van der Waals surface area contributed by atoms with Gasteiger partial charge in [-0.1, -0.05) is 26.0 Å². The summed E-state index contributed by atoms with van der Waals surface area (Å²) in [7, 11) is 4.07. The van der Waals surface area contributed by atoms with Crippen LogP contribution in [0, 0.1) is 0 Å². The van der Waals surface area contributed by atoms with E-state index in [0.717, 1.165) is 25.1 Å². The Labute approximate surface area is 110 Å². The van der Waals surface area contributed by atoms with Gasteiger partial charge in [0.1, 0.15) is 0 Å². The monoisotopic (exact) mass is 248 g/mol. The highest BCUT2D eigenvalue weighted by molar-refractivity contribution is 5.94. The zero-order chi connectivity index (χ0) is 13.5. The first kappa shape index (κ1) is 14.7. The van der Waals surface area contributed by atoms with Crippen molar-refractivity contribution in [1.29, 1.82) is 0 Å². The molecular weight excluding hydrogens is 224 g/mol. The molecule has 0 aliphatic carbocycles. The molecule has 0 aliphatic heterocycles.